The zero-order valence-electron chi connectivity index (χ0n) is 10.3. The summed E-state index contributed by atoms with van der Waals surface area (Å²) >= 11 is 1.64. The highest BCUT2D eigenvalue weighted by Crippen LogP contribution is 2.40. The van der Waals surface area contributed by atoms with Crippen LogP contribution in [0.4, 0.5) is 4.39 Å². The number of benzene rings is 2. The van der Waals surface area contributed by atoms with E-state index in [0.717, 1.165) is 16.4 Å². The third-order valence-corrected chi connectivity index (χ3v) is 4.17. The summed E-state index contributed by atoms with van der Waals surface area (Å²) in [5.74, 6) is 0.605. The molecule has 1 saturated carbocycles. The Bertz CT molecular complexity index is 556. The standard InChI is InChI=1S/C16H15FS/c1-18-14-8-9-16(17)15(10-14)13-6-4-12(5-7-13)11-2-3-11/h4-11H,2-3H2,1H3. The highest BCUT2D eigenvalue weighted by atomic mass is 32.2. The number of hydrogen-bond acceptors (Lipinski definition) is 1. The molecule has 0 radical (unpaired) electrons. The number of hydrogen-bond donors (Lipinski definition) is 0. The van der Waals surface area contributed by atoms with Crippen molar-refractivity contribution >= 4 is 11.8 Å². The van der Waals surface area contributed by atoms with Crippen LogP contribution in [0.1, 0.15) is 24.3 Å². The number of rotatable bonds is 3. The van der Waals surface area contributed by atoms with Gasteiger partial charge in [-0.3, -0.25) is 0 Å². The molecule has 1 aliphatic carbocycles. The zero-order valence-corrected chi connectivity index (χ0v) is 11.1. The first-order valence-corrected chi connectivity index (χ1v) is 7.44. The maximum Gasteiger partial charge on any atom is 0.131 e. The fourth-order valence-corrected chi connectivity index (χ4v) is 2.64. The second kappa shape index (κ2) is 4.77. The van der Waals surface area contributed by atoms with Gasteiger partial charge >= 0.3 is 0 Å². The lowest BCUT2D eigenvalue weighted by Gasteiger charge is -2.07. The molecule has 0 nitrogen and oxygen atoms in total. The molecule has 0 unspecified atom stereocenters. The molecular formula is C16H15FS. The lowest BCUT2D eigenvalue weighted by Crippen LogP contribution is -1.86. The molecule has 0 N–H and O–H groups in total. The van der Waals surface area contributed by atoms with E-state index in [1.807, 2.05) is 30.5 Å². The van der Waals surface area contributed by atoms with Crippen molar-refractivity contribution in [3.05, 3.63) is 53.8 Å². The molecule has 0 aromatic heterocycles. The first kappa shape index (κ1) is 11.8. The van der Waals surface area contributed by atoms with Gasteiger partial charge in [-0.2, -0.15) is 0 Å². The quantitative estimate of drug-likeness (QED) is 0.691. The lowest BCUT2D eigenvalue weighted by molar-refractivity contribution is 0.630. The average molecular weight is 258 g/mol. The lowest BCUT2D eigenvalue weighted by atomic mass is 10.0. The van der Waals surface area contributed by atoms with E-state index in [1.54, 1.807) is 17.8 Å². The third-order valence-electron chi connectivity index (χ3n) is 3.44. The Morgan fingerprint density at radius 2 is 1.78 bits per heavy atom. The van der Waals surface area contributed by atoms with Gasteiger partial charge in [0.05, 0.1) is 0 Å². The van der Waals surface area contributed by atoms with E-state index in [-0.39, 0.29) is 5.82 Å². The van der Waals surface area contributed by atoms with Crippen molar-refractivity contribution in [3.8, 4) is 11.1 Å². The molecule has 0 atom stereocenters. The molecule has 0 bridgehead atoms. The Kier molecular flexibility index (Phi) is 3.13. The van der Waals surface area contributed by atoms with E-state index in [2.05, 4.69) is 12.1 Å². The summed E-state index contributed by atoms with van der Waals surface area (Å²) in [7, 11) is 0. The van der Waals surface area contributed by atoms with Crippen molar-refractivity contribution in [1.29, 1.82) is 0 Å². The van der Waals surface area contributed by atoms with Crippen LogP contribution in [0.2, 0.25) is 0 Å². The van der Waals surface area contributed by atoms with Gasteiger partial charge in [0, 0.05) is 10.5 Å². The van der Waals surface area contributed by atoms with E-state index in [1.165, 1.54) is 18.4 Å². The van der Waals surface area contributed by atoms with Gasteiger partial charge in [0.1, 0.15) is 5.82 Å². The van der Waals surface area contributed by atoms with Gasteiger partial charge in [-0.05, 0) is 54.3 Å². The predicted molar refractivity (Wildman–Crippen MR) is 75.6 cm³/mol. The van der Waals surface area contributed by atoms with Gasteiger partial charge in [-0.15, -0.1) is 11.8 Å². The molecular weight excluding hydrogens is 243 g/mol. The molecule has 0 aliphatic heterocycles. The molecule has 18 heavy (non-hydrogen) atoms. The van der Waals surface area contributed by atoms with Crippen LogP contribution in [0.3, 0.4) is 0 Å². The molecule has 92 valence electrons. The molecule has 0 amide bonds. The summed E-state index contributed by atoms with van der Waals surface area (Å²) in [5, 5.41) is 0. The second-order valence-electron chi connectivity index (χ2n) is 4.74. The van der Waals surface area contributed by atoms with E-state index >= 15 is 0 Å². The van der Waals surface area contributed by atoms with Crippen LogP contribution in [-0.2, 0) is 0 Å². The monoisotopic (exact) mass is 258 g/mol. The molecule has 2 heteroatoms. The summed E-state index contributed by atoms with van der Waals surface area (Å²) in [4.78, 5) is 1.10. The minimum absolute atomic E-state index is 0.146. The molecule has 2 aromatic carbocycles. The highest BCUT2D eigenvalue weighted by Gasteiger charge is 2.23. The minimum Gasteiger partial charge on any atom is -0.206 e. The largest absolute Gasteiger partial charge is 0.206 e. The number of thioether (sulfide) groups is 1. The summed E-state index contributed by atoms with van der Waals surface area (Å²) in [6.07, 6.45) is 4.61. The molecule has 1 aliphatic rings. The normalized spacial score (nSPS) is 14.8. The maximum absolute atomic E-state index is 13.9. The van der Waals surface area contributed by atoms with Crippen LogP contribution < -0.4 is 0 Å². The van der Waals surface area contributed by atoms with E-state index in [9.17, 15) is 4.39 Å². The summed E-state index contributed by atoms with van der Waals surface area (Å²) in [6.45, 7) is 0. The van der Waals surface area contributed by atoms with E-state index in [0.29, 0.717) is 5.56 Å². The van der Waals surface area contributed by atoms with Crippen molar-refractivity contribution in [2.24, 2.45) is 0 Å². The Morgan fingerprint density at radius 1 is 1.06 bits per heavy atom. The van der Waals surface area contributed by atoms with Crippen molar-refractivity contribution < 1.29 is 4.39 Å². The topological polar surface area (TPSA) is 0 Å². The fourth-order valence-electron chi connectivity index (χ4n) is 2.20. The van der Waals surface area contributed by atoms with Gasteiger partial charge in [0.15, 0.2) is 0 Å². The summed E-state index contributed by atoms with van der Waals surface area (Å²) < 4.78 is 13.9. The SMILES string of the molecule is CSc1ccc(F)c(-c2ccc(C3CC3)cc2)c1. The van der Waals surface area contributed by atoms with Crippen molar-refractivity contribution in [3.63, 3.8) is 0 Å². The van der Waals surface area contributed by atoms with Crippen molar-refractivity contribution in [2.45, 2.75) is 23.7 Å². The summed E-state index contributed by atoms with van der Waals surface area (Å²) in [5.41, 5.74) is 3.05. The average Bonchev–Trinajstić information content (AvgIpc) is 3.24. The zero-order chi connectivity index (χ0) is 12.5. The van der Waals surface area contributed by atoms with E-state index in [4.69, 9.17) is 0 Å². The van der Waals surface area contributed by atoms with Crippen LogP contribution in [-0.4, -0.2) is 6.26 Å². The fraction of sp³-hybridized carbons (Fsp3) is 0.250. The van der Waals surface area contributed by atoms with Gasteiger partial charge in [-0.1, -0.05) is 24.3 Å². The number of halogens is 1. The molecule has 0 heterocycles. The third kappa shape index (κ3) is 2.30. The summed E-state index contributed by atoms with van der Waals surface area (Å²) in [6, 6.07) is 13.6. The van der Waals surface area contributed by atoms with Gasteiger partial charge in [-0.25, -0.2) is 4.39 Å². The highest BCUT2D eigenvalue weighted by molar-refractivity contribution is 7.98. The van der Waals surface area contributed by atoms with Gasteiger partial charge < -0.3 is 0 Å². The Morgan fingerprint density at radius 3 is 2.39 bits per heavy atom. The van der Waals surface area contributed by atoms with Crippen LogP contribution >= 0.6 is 11.8 Å². The first-order valence-electron chi connectivity index (χ1n) is 6.22. The van der Waals surface area contributed by atoms with E-state index < -0.39 is 0 Å². The first-order chi connectivity index (χ1) is 8.78. The van der Waals surface area contributed by atoms with Crippen LogP contribution in [0.5, 0.6) is 0 Å². The second-order valence-corrected chi connectivity index (χ2v) is 5.62. The predicted octanol–water partition coefficient (Wildman–Crippen LogP) is 5.09. The minimum atomic E-state index is -0.146. The van der Waals surface area contributed by atoms with Gasteiger partial charge in [0.2, 0.25) is 0 Å². The molecule has 0 spiro atoms. The Hall–Kier alpha value is -1.28. The van der Waals surface area contributed by atoms with Crippen molar-refractivity contribution in [2.75, 3.05) is 6.26 Å². The molecule has 1 fully saturated rings. The Balaban J connectivity index is 1.97. The van der Waals surface area contributed by atoms with Gasteiger partial charge in [0.25, 0.3) is 0 Å². The Labute approximate surface area is 111 Å². The van der Waals surface area contributed by atoms with Crippen LogP contribution in [0.25, 0.3) is 11.1 Å². The van der Waals surface area contributed by atoms with Crippen LogP contribution in [0.15, 0.2) is 47.4 Å². The molecule has 3 rings (SSSR count). The smallest absolute Gasteiger partial charge is 0.131 e. The van der Waals surface area contributed by atoms with Crippen LogP contribution in [0, 0.1) is 5.82 Å². The maximum atomic E-state index is 13.9. The molecule has 2 aromatic rings. The van der Waals surface area contributed by atoms with Crippen molar-refractivity contribution in [1.82, 2.24) is 0 Å². The molecule has 0 saturated heterocycles.